The summed E-state index contributed by atoms with van der Waals surface area (Å²) in [6.45, 7) is 8.28. The molecule has 0 aromatic carbocycles. The molecule has 0 aromatic heterocycles. The van der Waals surface area contributed by atoms with Crippen LogP contribution >= 0.6 is 0 Å². The number of rotatable bonds is 13. The van der Waals surface area contributed by atoms with Crippen LogP contribution in [0.1, 0.15) is 99.8 Å². The van der Waals surface area contributed by atoms with Crippen LogP contribution in [0.25, 0.3) is 0 Å². The monoisotopic (exact) mass is 341 g/mol. The first-order valence-electron chi connectivity index (χ1n) is 9.12. The molecular formula is C18H40NNaO3. The van der Waals surface area contributed by atoms with E-state index in [1.165, 1.54) is 64.7 Å². The molecule has 0 spiro atoms. The van der Waals surface area contributed by atoms with E-state index >= 15 is 0 Å². The SMILES string of the molecule is CCC(C)OC(C)=O.CCCCCCCCCCCCNO.[H-].[Na+]. The van der Waals surface area contributed by atoms with Crippen LogP contribution in [0, 0.1) is 0 Å². The number of unbranched alkanes of at least 4 members (excludes halogenated alkanes) is 9. The van der Waals surface area contributed by atoms with Crippen LogP contribution in [0.5, 0.6) is 0 Å². The van der Waals surface area contributed by atoms with Crippen LogP contribution in [-0.4, -0.2) is 23.8 Å². The Balaban J connectivity index is -0.000000174. The molecule has 5 heteroatoms. The summed E-state index contributed by atoms with van der Waals surface area (Å²) in [5.74, 6) is -0.195. The van der Waals surface area contributed by atoms with Gasteiger partial charge in [0.05, 0.1) is 6.10 Å². The summed E-state index contributed by atoms with van der Waals surface area (Å²) >= 11 is 0. The quantitative estimate of drug-likeness (QED) is 0.234. The number of hydrogen-bond acceptors (Lipinski definition) is 4. The zero-order chi connectivity index (χ0) is 17.1. The average molecular weight is 342 g/mol. The van der Waals surface area contributed by atoms with Crippen LogP contribution in [0.4, 0.5) is 0 Å². The molecule has 0 radical (unpaired) electrons. The van der Waals surface area contributed by atoms with Crippen LogP contribution in [0.3, 0.4) is 0 Å². The van der Waals surface area contributed by atoms with Crippen molar-refractivity contribution in [2.24, 2.45) is 0 Å². The number of nitrogens with one attached hydrogen (secondary N) is 1. The molecule has 0 heterocycles. The molecule has 2 N–H and O–H groups in total. The van der Waals surface area contributed by atoms with Crippen molar-refractivity contribution in [3.8, 4) is 0 Å². The first-order chi connectivity index (χ1) is 10.6. The molecule has 0 amide bonds. The van der Waals surface area contributed by atoms with E-state index in [2.05, 4.69) is 12.4 Å². The smallest absolute Gasteiger partial charge is 1.00 e. The van der Waals surface area contributed by atoms with Gasteiger partial charge in [-0.2, -0.15) is 0 Å². The number of hydrogen-bond donors (Lipinski definition) is 2. The number of ether oxygens (including phenoxy) is 1. The van der Waals surface area contributed by atoms with Crippen molar-refractivity contribution in [2.75, 3.05) is 6.54 Å². The van der Waals surface area contributed by atoms with E-state index in [9.17, 15) is 4.79 Å². The average Bonchev–Trinajstić information content (AvgIpc) is 2.49. The van der Waals surface area contributed by atoms with Crippen molar-refractivity contribution < 1.29 is 45.7 Å². The third kappa shape index (κ3) is 30.8. The molecule has 0 bridgehead atoms. The first kappa shape index (κ1) is 28.2. The van der Waals surface area contributed by atoms with E-state index < -0.39 is 0 Å². The fourth-order valence-electron chi connectivity index (χ4n) is 2.06. The number of esters is 1. The second kappa shape index (κ2) is 24.6. The van der Waals surface area contributed by atoms with Gasteiger partial charge in [0.1, 0.15) is 0 Å². The molecule has 0 fully saturated rings. The summed E-state index contributed by atoms with van der Waals surface area (Å²) in [4.78, 5) is 10.2. The maximum absolute atomic E-state index is 10.2. The van der Waals surface area contributed by atoms with Crippen LogP contribution in [0.2, 0.25) is 0 Å². The number of carbonyl (C=O) groups is 1. The maximum atomic E-state index is 10.2. The van der Waals surface area contributed by atoms with Crippen LogP contribution < -0.4 is 35.0 Å². The van der Waals surface area contributed by atoms with Gasteiger partial charge in [0, 0.05) is 13.5 Å². The summed E-state index contributed by atoms with van der Waals surface area (Å²) in [6.07, 6.45) is 14.4. The number of hydroxylamine groups is 1. The summed E-state index contributed by atoms with van der Waals surface area (Å²) < 4.78 is 4.76. The van der Waals surface area contributed by atoms with Gasteiger partial charge >= 0.3 is 35.5 Å². The molecule has 1 unspecified atom stereocenters. The van der Waals surface area contributed by atoms with E-state index in [1.54, 1.807) is 0 Å². The summed E-state index contributed by atoms with van der Waals surface area (Å²) in [5, 5.41) is 8.34. The van der Waals surface area contributed by atoms with Gasteiger partial charge in [-0.25, -0.2) is 5.48 Å². The Labute approximate surface area is 167 Å². The Morgan fingerprint density at radius 2 is 1.43 bits per heavy atom. The predicted octanol–water partition coefficient (Wildman–Crippen LogP) is 2.35. The molecule has 0 aromatic rings. The van der Waals surface area contributed by atoms with Gasteiger partial charge in [0.15, 0.2) is 0 Å². The predicted molar refractivity (Wildman–Crippen MR) is 94.3 cm³/mol. The zero-order valence-electron chi connectivity index (χ0n) is 17.3. The molecule has 23 heavy (non-hydrogen) atoms. The van der Waals surface area contributed by atoms with E-state index in [1.807, 2.05) is 13.8 Å². The van der Waals surface area contributed by atoms with Gasteiger partial charge in [-0.3, -0.25) is 4.79 Å². The van der Waals surface area contributed by atoms with Crippen LogP contribution in [0.15, 0.2) is 0 Å². The van der Waals surface area contributed by atoms with Crippen molar-refractivity contribution >= 4 is 5.97 Å². The van der Waals surface area contributed by atoms with E-state index in [0.717, 1.165) is 19.4 Å². The second-order valence-electron chi connectivity index (χ2n) is 5.92. The van der Waals surface area contributed by atoms with Crippen molar-refractivity contribution in [1.29, 1.82) is 0 Å². The van der Waals surface area contributed by atoms with Crippen molar-refractivity contribution in [2.45, 2.75) is 104 Å². The van der Waals surface area contributed by atoms with Crippen molar-refractivity contribution in [3.05, 3.63) is 0 Å². The van der Waals surface area contributed by atoms with E-state index in [-0.39, 0.29) is 43.1 Å². The van der Waals surface area contributed by atoms with Gasteiger partial charge in [-0.05, 0) is 19.8 Å². The minimum absolute atomic E-state index is 0. The molecule has 4 nitrogen and oxygen atoms in total. The third-order valence-corrected chi connectivity index (χ3v) is 3.58. The molecule has 0 saturated heterocycles. The molecule has 0 aliphatic rings. The van der Waals surface area contributed by atoms with E-state index in [0.29, 0.717) is 0 Å². The molecule has 136 valence electrons. The van der Waals surface area contributed by atoms with Gasteiger partial charge in [0.25, 0.3) is 0 Å². The van der Waals surface area contributed by atoms with Crippen molar-refractivity contribution in [1.82, 2.24) is 5.48 Å². The second-order valence-corrected chi connectivity index (χ2v) is 5.92. The third-order valence-electron chi connectivity index (χ3n) is 3.58. The first-order valence-corrected chi connectivity index (χ1v) is 9.12. The Kier molecular flexibility index (Phi) is 30.2. The minimum Gasteiger partial charge on any atom is -1.00 e. The normalized spacial score (nSPS) is 11.0. The van der Waals surface area contributed by atoms with Gasteiger partial charge < -0.3 is 11.4 Å². The Morgan fingerprint density at radius 1 is 1.00 bits per heavy atom. The standard InChI is InChI=1S/C12H27NO.C6H12O2.Na.H/c1-2-3-4-5-6-7-8-9-10-11-12-13-14;1-4-5(2)8-6(3)7;;/h13-14H,2-12H2,1H3;5H,4H2,1-3H3;;/q;;+1;-1. The molecule has 0 saturated carbocycles. The van der Waals surface area contributed by atoms with Crippen molar-refractivity contribution in [3.63, 3.8) is 0 Å². The Morgan fingerprint density at radius 3 is 1.74 bits per heavy atom. The van der Waals surface area contributed by atoms with Gasteiger partial charge in [-0.1, -0.05) is 71.6 Å². The molecule has 0 rings (SSSR count). The minimum atomic E-state index is -0.195. The topological polar surface area (TPSA) is 58.6 Å². The largest absolute Gasteiger partial charge is 1.00 e. The molecule has 1 atom stereocenters. The summed E-state index contributed by atoms with van der Waals surface area (Å²) in [6, 6.07) is 0. The Hall–Kier alpha value is 0.390. The molecular weight excluding hydrogens is 301 g/mol. The van der Waals surface area contributed by atoms with Gasteiger partial charge in [0.2, 0.25) is 0 Å². The Bertz CT molecular complexity index is 222. The number of carbonyl (C=O) groups excluding carboxylic acids is 1. The summed E-state index contributed by atoms with van der Waals surface area (Å²) in [7, 11) is 0. The molecule has 0 aliphatic heterocycles. The summed E-state index contributed by atoms with van der Waals surface area (Å²) in [5.41, 5.74) is 2.19. The fourth-order valence-corrected chi connectivity index (χ4v) is 2.06. The van der Waals surface area contributed by atoms with Gasteiger partial charge in [-0.15, -0.1) is 0 Å². The fraction of sp³-hybridized carbons (Fsp3) is 0.944. The molecule has 0 aliphatic carbocycles. The zero-order valence-corrected chi connectivity index (χ0v) is 18.3. The maximum Gasteiger partial charge on any atom is 1.00 e. The van der Waals surface area contributed by atoms with Crippen LogP contribution in [-0.2, 0) is 9.53 Å². The van der Waals surface area contributed by atoms with E-state index in [4.69, 9.17) is 9.94 Å².